The standard InChI is InChI=1S/C16H26N4/c1-12-7-6-8-13(2)20(12)19-16-14-9-4-3-5-10-15(14)17-11-18-16/h11-13H,3-10H2,1-2H3,(H,17,18,19). The number of aryl methyl sites for hydroxylation is 1. The normalized spacial score (nSPS) is 27.7. The van der Waals surface area contributed by atoms with Gasteiger partial charge in [-0.25, -0.2) is 15.0 Å². The largest absolute Gasteiger partial charge is 0.302 e. The highest BCUT2D eigenvalue weighted by Crippen LogP contribution is 2.27. The van der Waals surface area contributed by atoms with Crippen molar-refractivity contribution in [3.05, 3.63) is 17.6 Å². The van der Waals surface area contributed by atoms with Crippen molar-refractivity contribution in [3.63, 3.8) is 0 Å². The minimum absolute atomic E-state index is 0.579. The second-order valence-corrected chi connectivity index (χ2v) is 6.36. The molecule has 3 rings (SSSR count). The van der Waals surface area contributed by atoms with Gasteiger partial charge >= 0.3 is 0 Å². The zero-order valence-electron chi connectivity index (χ0n) is 12.7. The fraction of sp³-hybridized carbons (Fsp3) is 0.750. The number of hydrogen-bond acceptors (Lipinski definition) is 4. The Morgan fingerprint density at radius 2 is 1.75 bits per heavy atom. The molecule has 0 saturated carbocycles. The lowest BCUT2D eigenvalue weighted by molar-refractivity contribution is 0.135. The van der Waals surface area contributed by atoms with Gasteiger partial charge in [0, 0.05) is 23.3 Å². The van der Waals surface area contributed by atoms with Crippen LogP contribution in [-0.2, 0) is 12.8 Å². The first-order valence-electron chi connectivity index (χ1n) is 8.13. The molecule has 0 spiro atoms. The number of rotatable bonds is 2. The molecule has 2 heterocycles. The molecule has 2 aliphatic rings. The molecule has 1 saturated heterocycles. The van der Waals surface area contributed by atoms with Crippen LogP contribution in [0.4, 0.5) is 5.82 Å². The van der Waals surface area contributed by atoms with Gasteiger partial charge in [-0.2, -0.15) is 0 Å². The fourth-order valence-electron chi connectivity index (χ4n) is 3.56. The predicted molar refractivity (Wildman–Crippen MR) is 81.5 cm³/mol. The summed E-state index contributed by atoms with van der Waals surface area (Å²) in [5, 5.41) is 2.40. The first kappa shape index (κ1) is 13.8. The average molecular weight is 274 g/mol. The average Bonchev–Trinajstić information content (AvgIpc) is 2.69. The second-order valence-electron chi connectivity index (χ2n) is 6.36. The highest BCUT2D eigenvalue weighted by molar-refractivity contribution is 5.46. The minimum atomic E-state index is 0.579. The van der Waals surface area contributed by atoms with E-state index in [0.29, 0.717) is 12.1 Å². The molecule has 1 aromatic heterocycles. The van der Waals surface area contributed by atoms with Crippen LogP contribution in [0.3, 0.4) is 0 Å². The lowest BCUT2D eigenvalue weighted by Crippen LogP contribution is -2.47. The minimum Gasteiger partial charge on any atom is -0.302 e. The molecule has 0 bridgehead atoms. The number of piperidine rings is 1. The molecule has 110 valence electrons. The molecule has 0 amide bonds. The molecule has 1 fully saturated rings. The maximum absolute atomic E-state index is 4.53. The monoisotopic (exact) mass is 274 g/mol. The third-order valence-corrected chi connectivity index (χ3v) is 4.80. The molecule has 4 heteroatoms. The van der Waals surface area contributed by atoms with Crippen molar-refractivity contribution in [1.82, 2.24) is 15.0 Å². The van der Waals surface area contributed by atoms with E-state index in [-0.39, 0.29) is 0 Å². The van der Waals surface area contributed by atoms with Gasteiger partial charge in [-0.15, -0.1) is 0 Å². The van der Waals surface area contributed by atoms with Crippen LogP contribution < -0.4 is 5.43 Å². The van der Waals surface area contributed by atoms with E-state index in [1.165, 1.54) is 49.8 Å². The van der Waals surface area contributed by atoms with Crippen molar-refractivity contribution in [2.75, 3.05) is 5.43 Å². The lowest BCUT2D eigenvalue weighted by atomic mass is 10.00. The smallest absolute Gasteiger partial charge is 0.147 e. The quantitative estimate of drug-likeness (QED) is 0.840. The Labute approximate surface area is 122 Å². The molecule has 20 heavy (non-hydrogen) atoms. The lowest BCUT2D eigenvalue weighted by Gasteiger charge is -2.39. The van der Waals surface area contributed by atoms with Crippen LogP contribution in [0.2, 0.25) is 0 Å². The van der Waals surface area contributed by atoms with Crippen molar-refractivity contribution in [1.29, 1.82) is 0 Å². The third kappa shape index (κ3) is 2.80. The van der Waals surface area contributed by atoms with Gasteiger partial charge in [0.05, 0.1) is 0 Å². The van der Waals surface area contributed by atoms with Crippen LogP contribution in [0.25, 0.3) is 0 Å². The summed E-state index contributed by atoms with van der Waals surface area (Å²) in [5.41, 5.74) is 6.24. The highest BCUT2D eigenvalue weighted by Gasteiger charge is 2.26. The molecule has 1 aliphatic carbocycles. The second kappa shape index (κ2) is 6.08. The summed E-state index contributed by atoms with van der Waals surface area (Å²) in [6.07, 6.45) is 11.7. The zero-order valence-corrected chi connectivity index (χ0v) is 12.7. The summed E-state index contributed by atoms with van der Waals surface area (Å²) in [7, 11) is 0. The Bertz CT molecular complexity index is 450. The first-order chi connectivity index (χ1) is 9.75. The maximum atomic E-state index is 4.53. The van der Waals surface area contributed by atoms with Crippen LogP contribution in [0, 0.1) is 0 Å². The Morgan fingerprint density at radius 1 is 1.00 bits per heavy atom. The molecule has 1 N–H and O–H groups in total. The van der Waals surface area contributed by atoms with Gasteiger partial charge in [0.2, 0.25) is 0 Å². The highest BCUT2D eigenvalue weighted by atomic mass is 15.5. The van der Waals surface area contributed by atoms with Gasteiger partial charge < -0.3 is 5.43 Å². The van der Waals surface area contributed by atoms with Gasteiger partial charge in [-0.05, 0) is 52.4 Å². The van der Waals surface area contributed by atoms with Crippen LogP contribution >= 0.6 is 0 Å². The SMILES string of the molecule is CC1CCCC(C)N1Nc1ncnc2c1CCCCC2. The van der Waals surface area contributed by atoms with Crippen molar-refractivity contribution in [3.8, 4) is 0 Å². The van der Waals surface area contributed by atoms with E-state index in [1.807, 2.05) is 0 Å². The summed E-state index contributed by atoms with van der Waals surface area (Å²) >= 11 is 0. The van der Waals surface area contributed by atoms with E-state index in [2.05, 4.69) is 34.3 Å². The van der Waals surface area contributed by atoms with E-state index in [9.17, 15) is 0 Å². The van der Waals surface area contributed by atoms with E-state index in [4.69, 9.17) is 0 Å². The van der Waals surface area contributed by atoms with Gasteiger partial charge in [0.15, 0.2) is 0 Å². The van der Waals surface area contributed by atoms with Crippen molar-refractivity contribution >= 4 is 5.82 Å². The summed E-state index contributed by atoms with van der Waals surface area (Å²) in [4.78, 5) is 9.03. The number of nitrogens with zero attached hydrogens (tertiary/aromatic N) is 3. The summed E-state index contributed by atoms with van der Waals surface area (Å²) in [6.45, 7) is 4.62. The van der Waals surface area contributed by atoms with Gasteiger partial charge in [0.1, 0.15) is 12.1 Å². The van der Waals surface area contributed by atoms with Gasteiger partial charge in [0.25, 0.3) is 0 Å². The zero-order chi connectivity index (χ0) is 13.9. The summed E-state index contributed by atoms with van der Waals surface area (Å²) < 4.78 is 0. The molecule has 0 radical (unpaired) electrons. The van der Waals surface area contributed by atoms with Gasteiger partial charge in [-0.3, -0.25) is 0 Å². The summed E-state index contributed by atoms with van der Waals surface area (Å²) in [5.74, 6) is 1.05. The Hall–Kier alpha value is -1.16. The van der Waals surface area contributed by atoms with E-state index in [1.54, 1.807) is 6.33 Å². The van der Waals surface area contributed by atoms with E-state index < -0.39 is 0 Å². The predicted octanol–water partition coefficient (Wildman–Crippen LogP) is 3.34. The molecular weight excluding hydrogens is 248 g/mol. The Kier molecular flexibility index (Phi) is 4.20. The first-order valence-corrected chi connectivity index (χ1v) is 8.13. The molecule has 2 unspecified atom stereocenters. The topological polar surface area (TPSA) is 41.0 Å². The van der Waals surface area contributed by atoms with Crippen LogP contribution in [0.5, 0.6) is 0 Å². The Balaban J connectivity index is 1.83. The van der Waals surface area contributed by atoms with Gasteiger partial charge in [-0.1, -0.05) is 12.8 Å². The number of aromatic nitrogens is 2. The van der Waals surface area contributed by atoms with Crippen LogP contribution in [0.1, 0.15) is 63.6 Å². The molecule has 1 aromatic rings. The molecule has 0 aromatic carbocycles. The molecule has 1 aliphatic heterocycles. The number of nitrogens with one attached hydrogen (secondary N) is 1. The summed E-state index contributed by atoms with van der Waals surface area (Å²) in [6, 6.07) is 1.16. The number of hydrazine groups is 1. The molecular formula is C16H26N4. The third-order valence-electron chi connectivity index (χ3n) is 4.80. The van der Waals surface area contributed by atoms with E-state index in [0.717, 1.165) is 18.7 Å². The Morgan fingerprint density at radius 3 is 2.55 bits per heavy atom. The van der Waals surface area contributed by atoms with Crippen LogP contribution in [0.15, 0.2) is 6.33 Å². The molecule has 2 atom stereocenters. The number of hydrogen-bond donors (Lipinski definition) is 1. The fourth-order valence-corrected chi connectivity index (χ4v) is 3.56. The van der Waals surface area contributed by atoms with Crippen molar-refractivity contribution < 1.29 is 0 Å². The van der Waals surface area contributed by atoms with Crippen molar-refractivity contribution in [2.45, 2.75) is 77.3 Å². The van der Waals surface area contributed by atoms with E-state index >= 15 is 0 Å². The number of anilines is 1. The van der Waals surface area contributed by atoms with Crippen molar-refractivity contribution in [2.24, 2.45) is 0 Å². The van der Waals surface area contributed by atoms with Crippen LogP contribution in [-0.4, -0.2) is 27.1 Å². The molecule has 4 nitrogen and oxygen atoms in total. The maximum Gasteiger partial charge on any atom is 0.147 e. The number of fused-ring (bicyclic) bond motifs is 1.